The van der Waals surface area contributed by atoms with E-state index in [9.17, 15) is 9.59 Å². The summed E-state index contributed by atoms with van der Waals surface area (Å²) >= 11 is 0. The molecule has 0 spiro atoms. The summed E-state index contributed by atoms with van der Waals surface area (Å²) in [6, 6.07) is 0.569. The molecule has 1 atom stereocenters. The number of primary amides is 1. The summed E-state index contributed by atoms with van der Waals surface area (Å²) in [6.07, 6.45) is 5.44. The van der Waals surface area contributed by atoms with Gasteiger partial charge in [-0.15, -0.1) is 0 Å². The van der Waals surface area contributed by atoms with Gasteiger partial charge in [0, 0.05) is 25.6 Å². The summed E-state index contributed by atoms with van der Waals surface area (Å²) in [4.78, 5) is 24.6. The molecule has 3 N–H and O–H groups in total. The Morgan fingerprint density at radius 3 is 2.82 bits per heavy atom. The minimum Gasteiger partial charge on any atom is -0.370 e. The molecule has 17 heavy (non-hydrogen) atoms. The van der Waals surface area contributed by atoms with Crippen LogP contribution in [0.5, 0.6) is 0 Å². The Hall–Kier alpha value is -1.10. The molecule has 1 aliphatic heterocycles. The van der Waals surface area contributed by atoms with Crippen molar-refractivity contribution in [3.63, 3.8) is 0 Å². The van der Waals surface area contributed by atoms with Gasteiger partial charge < -0.3 is 16.0 Å². The van der Waals surface area contributed by atoms with Crippen LogP contribution in [0.15, 0.2) is 0 Å². The van der Waals surface area contributed by atoms with Gasteiger partial charge in [0.25, 0.3) is 0 Å². The highest BCUT2D eigenvalue weighted by Crippen LogP contribution is 2.22. The lowest BCUT2D eigenvalue weighted by Crippen LogP contribution is -2.51. The summed E-state index contributed by atoms with van der Waals surface area (Å²) < 4.78 is 0. The normalized spacial score (nSPS) is 25.1. The number of nitrogens with one attached hydrogen (secondary N) is 1. The summed E-state index contributed by atoms with van der Waals surface area (Å²) in [6.45, 7) is 1.48. The van der Waals surface area contributed by atoms with E-state index in [1.54, 1.807) is 0 Å². The fourth-order valence-electron chi connectivity index (χ4n) is 2.30. The molecule has 0 aromatic heterocycles. The molecule has 1 saturated heterocycles. The van der Waals surface area contributed by atoms with E-state index in [1.165, 1.54) is 12.8 Å². The van der Waals surface area contributed by atoms with E-state index in [4.69, 9.17) is 5.73 Å². The summed E-state index contributed by atoms with van der Waals surface area (Å²) in [7, 11) is 0. The number of carbonyl (C=O) groups excluding carboxylic acids is 2. The van der Waals surface area contributed by atoms with Crippen molar-refractivity contribution in [1.29, 1.82) is 0 Å². The fourth-order valence-corrected chi connectivity index (χ4v) is 2.30. The van der Waals surface area contributed by atoms with E-state index >= 15 is 0 Å². The van der Waals surface area contributed by atoms with E-state index in [-0.39, 0.29) is 17.9 Å². The summed E-state index contributed by atoms with van der Waals surface area (Å²) in [5.41, 5.74) is 5.09. The van der Waals surface area contributed by atoms with Gasteiger partial charge in [0.15, 0.2) is 0 Å². The maximum atomic E-state index is 12.1. The van der Waals surface area contributed by atoms with Crippen LogP contribution in [-0.4, -0.2) is 41.9 Å². The van der Waals surface area contributed by atoms with Crippen LogP contribution in [0.25, 0.3) is 0 Å². The van der Waals surface area contributed by atoms with Crippen molar-refractivity contribution >= 4 is 11.8 Å². The monoisotopic (exact) mass is 239 g/mol. The lowest BCUT2D eigenvalue weighted by atomic mass is 10.0. The van der Waals surface area contributed by atoms with Crippen LogP contribution in [0.3, 0.4) is 0 Å². The van der Waals surface area contributed by atoms with E-state index in [2.05, 4.69) is 5.32 Å². The Kier molecular flexibility index (Phi) is 3.99. The molecule has 2 amide bonds. The van der Waals surface area contributed by atoms with Crippen LogP contribution < -0.4 is 11.1 Å². The standard InChI is InChI=1S/C12H21N3O2/c13-11(16)4-2-8-15-7-1-3-10(12(15)17)14-9-5-6-9/h9-10,14H,1-8H2,(H2,13,16). The van der Waals surface area contributed by atoms with Crippen molar-refractivity contribution in [3.8, 4) is 0 Å². The maximum Gasteiger partial charge on any atom is 0.239 e. The number of nitrogens with two attached hydrogens (primary N) is 1. The van der Waals surface area contributed by atoms with Crippen molar-refractivity contribution in [2.24, 2.45) is 5.73 Å². The fraction of sp³-hybridized carbons (Fsp3) is 0.833. The molecular formula is C12H21N3O2. The molecule has 1 unspecified atom stereocenters. The van der Waals surface area contributed by atoms with Crippen LogP contribution in [-0.2, 0) is 9.59 Å². The zero-order valence-electron chi connectivity index (χ0n) is 10.2. The van der Waals surface area contributed by atoms with Crippen molar-refractivity contribution in [1.82, 2.24) is 10.2 Å². The second-order valence-electron chi connectivity index (χ2n) is 5.03. The first-order chi connectivity index (χ1) is 8.16. The van der Waals surface area contributed by atoms with Gasteiger partial charge in [-0.3, -0.25) is 9.59 Å². The molecule has 0 bridgehead atoms. The predicted octanol–water partition coefficient (Wildman–Crippen LogP) is -0.00510. The first-order valence-electron chi connectivity index (χ1n) is 6.50. The van der Waals surface area contributed by atoms with Crippen LogP contribution in [0.2, 0.25) is 0 Å². The van der Waals surface area contributed by atoms with E-state index in [0.717, 1.165) is 19.4 Å². The highest BCUT2D eigenvalue weighted by Gasteiger charge is 2.32. The lowest BCUT2D eigenvalue weighted by molar-refractivity contribution is -0.136. The third-order valence-electron chi connectivity index (χ3n) is 3.40. The third kappa shape index (κ3) is 3.70. The molecule has 96 valence electrons. The molecule has 1 heterocycles. The predicted molar refractivity (Wildman–Crippen MR) is 64.2 cm³/mol. The molecule has 5 heteroatoms. The van der Waals surface area contributed by atoms with Gasteiger partial charge in [0.1, 0.15) is 0 Å². The Balaban J connectivity index is 1.76. The molecular weight excluding hydrogens is 218 g/mol. The number of likely N-dealkylation sites (tertiary alicyclic amines) is 1. The number of rotatable bonds is 6. The maximum absolute atomic E-state index is 12.1. The smallest absolute Gasteiger partial charge is 0.239 e. The second-order valence-corrected chi connectivity index (χ2v) is 5.03. The van der Waals surface area contributed by atoms with Crippen molar-refractivity contribution < 1.29 is 9.59 Å². The number of amides is 2. The average molecular weight is 239 g/mol. The van der Waals surface area contributed by atoms with Gasteiger partial charge in [0.05, 0.1) is 6.04 Å². The highest BCUT2D eigenvalue weighted by atomic mass is 16.2. The van der Waals surface area contributed by atoms with Gasteiger partial charge in [-0.1, -0.05) is 0 Å². The summed E-state index contributed by atoms with van der Waals surface area (Å²) in [5, 5.41) is 3.39. The zero-order valence-corrected chi connectivity index (χ0v) is 10.2. The molecule has 0 aromatic carbocycles. The number of hydrogen-bond acceptors (Lipinski definition) is 3. The Morgan fingerprint density at radius 1 is 1.41 bits per heavy atom. The van der Waals surface area contributed by atoms with Gasteiger partial charge in [-0.2, -0.15) is 0 Å². The van der Waals surface area contributed by atoms with Crippen molar-refractivity contribution in [2.45, 2.75) is 50.6 Å². The van der Waals surface area contributed by atoms with Crippen LogP contribution in [0.1, 0.15) is 38.5 Å². The van der Waals surface area contributed by atoms with Gasteiger partial charge >= 0.3 is 0 Å². The number of carbonyl (C=O) groups is 2. The second kappa shape index (κ2) is 5.49. The van der Waals surface area contributed by atoms with Crippen LogP contribution in [0, 0.1) is 0 Å². The van der Waals surface area contributed by atoms with Crippen LogP contribution in [0.4, 0.5) is 0 Å². The minimum absolute atomic E-state index is 0.00447. The van der Waals surface area contributed by atoms with Gasteiger partial charge in [-0.25, -0.2) is 0 Å². The van der Waals surface area contributed by atoms with Crippen molar-refractivity contribution in [3.05, 3.63) is 0 Å². The molecule has 2 aliphatic rings. The first-order valence-corrected chi connectivity index (χ1v) is 6.50. The number of piperidine rings is 1. The zero-order chi connectivity index (χ0) is 12.3. The molecule has 2 fully saturated rings. The molecule has 1 saturated carbocycles. The Morgan fingerprint density at radius 2 is 2.18 bits per heavy atom. The third-order valence-corrected chi connectivity index (χ3v) is 3.40. The molecule has 0 radical (unpaired) electrons. The molecule has 5 nitrogen and oxygen atoms in total. The Bertz CT molecular complexity index is 302. The van der Waals surface area contributed by atoms with Crippen LogP contribution >= 0.6 is 0 Å². The van der Waals surface area contributed by atoms with E-state index < -0.39 is 0 Å². The molecule has 1 aliphatic carbocycles. The SMILES string of the molecule is NC(=O)CCCN1CCCC(NC2CC2)C1=O. The number of hydrogen-bond donors (Lipinski definition) is 2. The molecule has 0 aromatic rings. The minimum atomic E-state index is -0.290. The first kappa shape index (κ1) is 12.4. The van der Waals surface area contributed by atoms with E-state index in [0.29, 0.717) is 25.4 Å². The van der Waals surface area contributed by atoms with E-state index in [1.807, 2.05) is 4.90 Å². The quantitative estimate of drug-likeness (QED) is 0.685. The largest absolute Gasteiger partial charge is 0.370 e. The Labute approximate surface area is 102 Å². The summed E-state index contributed by atoms with van der Waals surface area (Å²) in [5.74, 6) is -0.0882. The highest BCUT2D eigenvalue weighted by molar-refractivity contribution is 5.82. The lowest BCUT2D eigenvalue weighted by Gasteiger charge is -2.32. The molecule has 2 rings (SSSR count). The topological polar surface area (TPSA) is 75.4 Å². The number of nitrogens with zero attached hydrogens (tertiary/aromatic N) is 1. The van der Waals surface area contributed by atoms with Gasteiger partial charge in [0.2, 0.25) is 11.8 Å². The van der Waals surface area contributed by atoms with Crippen molar-refractivity contribution in [2.75, 3.05) is 13.1 Å². The average Bonchev–Trinajstić information content (AvgIpc) is 3.07. The van der Waals surface area contributed by atoms with Gasteiger partial charge in [-0.05, 0) is 32.1 Å².